The van der Waals surface area contributed by atoms with Gasteiger partial charge in [-0.2, -0.15) is 0 Å². The van der Waals surface area contributed by atoms with Crippen LogP contribution in [0.1, 0.15) is 38.8 Å². The second kappa shape index (κ2) is 11.1. The van der Waals surface area contributed by atoms with Crippen LogP contribution in [0.3, 0.4) is 0 Å². The molecular formula is C20H36FN5. The van der Waals surface area contributed by atoms with Crippen molar-refractivity contribution in [2.24, 2.45) is 4.99 Å². The predicted molar refractivity (Wildman–Crippen MR) is 109 cm³/mol. The molecular weight excluding hydrogens is 329 g/mol. The van der Waals surface area contributed by atoms with E-state index < -0.39 is 0 Å². The molecule has 0 aliphatic heterocycles. The van der Waals surface area contributed by atoms with Crippen LogP contribution in [-0.2, 0) is 13.1 Å². The van der Waals surface area contributed by atoms with Crippen molar-refractivity contribution in [2.75, 3.05) is 34.2 Å². The Morgan fingerprint density at radius 2 is 1.77 bits per heavy atom. The molecule has 1 aromatic carbocycles. The molecule has 0 heterocycles. The Kier molecular flexibility index (Phi) is 9.59. The summed E-state index contributed by atoms with van der Waals surface area (Å²) in [6, 6.07) is 6.29. The Morgan fingerprint density at radius 3 is 2.31 bits per heavy atom. The van der Waals surface area contributed by atoms with Crippen LogP contribution in [0.4, 0.5) is 4.39 Å². The molecule has 26 heavy (non-hydrogen) atoms. The summed E-state index contributed by atoms with van der Waals surface area (Å²) in [5, 5.41) is 6.66. The van der Waals surface area contributed by atoms with Crippen molar-refractivity contribution < 1.29 is 4.39 Å². The van der Waals surface area contributed by atoms with Gasteiger partial charge in [-0.25, -0.2) is 4.39 Å². The fraction of sp³-hybridized carbons (Fsp3) is 0.650. The minimum atomic E-state index is -0.160. The van der Waals surface area contributed by atoms with Crippen LogP contribution in [0.5, 0.6) is 0 Å². The summed E-state index contributed by atoms with van der Waals surface area (Å²) in [5.74, 6) is 0.600. The first kappa shape index (κ1) is 22.4. The maximum absolute atomic E-state index is 13.9. The maximum atomic E-state index is 13.9. The molecule has 0 spiro atoms. The molecule has 0 aromatic heterocycles. The van der Waals surface area contributed by atoms with Crippen molar-refractivity contribution in [3.8, 4) is 0 Å². The Hall–Kier alpha value is -1.66. The Morgan fingerprint density at radius 1 is 1.12 bits per heavy atom. The number of halogens is 1. The molecule has 6 heteroatoms. The third kappa shape index (κ3) is 7.70. The average Bonchev–Trinajstić information content (AvgIpc) is 2.55. The Labute approximate surface area is 158 Å². The number of nitrogens with zero attached hydrogens (tertiary/aromatic N) is 3. The largest absolute Gasteiger partial charge is 0.355 e. The zero-order valence-electron chi connectivity index (χ0n) is 17.4. The van der Waals surface area contributed by atoms with Gasteiger partial charge in [0.1, 0.15) is 5.82 Å². The van der Waals surface area contributed by atoms with E-state index in [1.165, 1.54) is 6.07 Å². The molecule has 0 amide bonds. The van der Waals surface area contributed by atoms with E-state index in [1.807, 2.05) is 31.1 Å². The minimum Gasteiger partial charge on any atom is -0.355 e. The van der Waals surface area contributed by atoms with Crippen LogP contribution in [0.25, 0.3) is 0 Å². The van der Waals surface area contributed by atoms with Gasteiger partial charge in [-0.15, -0.1) is 0 Å². The SMILES string of the molecule is CN=C(NCCN(C(C)C)C(C)C)NCc1ccc(F)c(CN(C)C)c1. The lowest BCUT2D eigenvalue weighted by Gasteiger charge is -2.30. The van der Waals surface area contributed by atoms with E-state index in [9.17, 15) is 4.39 Å². The van der Waals surface area contributed by atoms with Crippen molar-refractivity contribution in [1.29, 1.82) is 0 Å². The first-order chi connectivity index (χ1) is 12.2. The van der Waals surface area contributed by atoms with E-state index >= 15 is 0 Å². The molecule has 5 nitrogen and oxygen atoms in total. The normalized spacial score (nSPS) is 12.5. The van der Waals surface area contributed by atoms with E-state index in [0.717, 1.165) is 24.6 Å². The van der Waals surface area contributed by atoms with Crippen molar-refractivity contribution in [2.45, 2.75) is 52.9 Å². The van der Waals surface area contributed by atoms with Crippen molar-refractivity contribution in [1.82, 2.24) is 20.4 Å². The zero-order valence-corrected chi connectivity index (χ0v) is 17.4. The topological polar surface area (TPSA) is 42.9 Å². The van der Waals surface area contributed by atoms with Crippen LogP contribution in [0.15, 0.2) is 23.2 Å². The molecule has 0 atom stereocenters. The van der Waals surface area contributed by atoms with Gasteiger partial charge in [0.15, 0.2) is 5.96 Å². The van der Waals surface area contributed by atoms with Gasteiger partial charge in [-0.05, 0) is 59.5 Å². The molecule has 0 saturated carbocycles. The predicted octanol–water partition coefficient (Wildman–Crippen LogP) is 2.67. The highest BCUT2D eigenvalue weighted by atomic mass is 19.1. The van der Waals surface area contributed by atoms with E-state index in [1.54, 1.807) is 7.05 Å². The van der Waals surface area contributed by atoms with Crippen LogP contribution in [-0.4, -0.2) is 62.1 Å². The number of guanidine groups is 1. The first-order valence-corrected chi connectivity index (χ1v) is 9.36. The van der Waals surface area contributed by atoms with Gasteiger partial charge in [-0.1, -0.05) is 6.07 Å². The summed E-state index contributed by atoms with van der Waals surface area (Å²) >= 11 is 0. The molecule has 2 N–H and O–H groups in total. The number of aliphatic imine (C=N–C) groups is 1. The van der Waals surface area contributed by atoms with Gasteiger partial charge in [0.25, 0.3) is 0 Å². The highest BCUT2D eigenvalue weighted by Gasteiger charge is 2.12. The second-order valence-corrected chi connectivity index (χ2v) is 7.44. The summed E-state index contributed by atoms with van der Waals surface area (Å²) < 4.78 is 13.9. The Bertz CT molecular complexity index is 561. The fourth-order valence-corrected chi connectivity index (χ4v) is 3.02. The summed E-state index contributed by atoms with van der Waals surface area (Å²) in [5.41, 5.74) is 1.75. The quantitative estimate of drug-likeness (QED) is 0.522. The summed E-state index contributed by atoms with van der Waals surface area (Å²) in [6.45, 7) is 11.8. The van der Waals surface area contributed by atoms with Crippen LogP contribution in [0.2, 0.25) is 0 Å². The number of rotatable bonds is 9. The smallest absolute Gasteiger partial charge is 0.191 e. The fourth-order valence-electron chi connectivity index (χ4n) is 3.02. The summed E-state index contributed by atoms with van der Waals surface area (Å²) in [6.07, 6.45) is 0. The first-order valence-electron chi connectivity index (χ1n) is 9.36. The molecule has 0 aliphatic carbocycles. The second-order valence-electron chi connectivity index (χ2n) is 7.44. The highest BCUT2D eigenvalue weighted by Crippen LogP contribution is 2.12. The van der Waals surface area contributed by atoms with Crippen molar-refractivity contribution in [3.63, 3.8) is 0 Å². The lowest BCUT2D eigenvalue weighted by Crippen LogP contribution is -2.45. The van der Waals surface area contributed by atoms with Gasteiger partial charge in [0, 0.05) is 50.9 Å². The van der Waals surface area contributed by atoms with Crippen LogP contribution in [0, 0.1) is 5.82 Å². The van der Waals surface area contributed by atoms with E-state index in [4.69, 9.17) is 0 Å². The molecule has 148 valence electrons. The molecule has 0 radical (unpaired) electrons. The van der Waals surface area contributed by atoms with Crippen LogP contribution < -0.4 is 10.6 Å². The summed E-state index contributed by atoms with van der Waals surface area (Å²) in [4.78, 5) is 8.67. The molecule has 0 saturated heterocycles. The lowest BCUT2D eigenvalue weighted by atomic mass is 10.1. The number of nitrogens with one attached hydrogen (secondary N) is 2. The van der Waals surface area contributed by atoms with E-state index in [-0.39, 0.29) is 5.82 Å². The van der Waals surface area contributed by atoms with E-state index in [2.05, 4.69) is 48.2 Å². The number of hydrogen-bond acceptors (Lipinski definition) is 3. The van der Waals surface area contributed by atoms with Gasteiger partial charge in [-0.3, -0.25) is 9.89 Å². The zero-order chi connectivity index (χ0) is 19.7. The summed E-state index contributed by atoms with van der Waals surface area (Å²) in [7, 11) is 5.64. The number of hydrogen-bond donors (Lipinski definition) is 2. The number of benzene rings is 1. The van der Waals surface area contributed by atoms with Crippen molar-refractivity contribution in [3.05, 3.63) is 35.1 Å². The molecule has 1 rings (SSSR count). The van der Waals surface area contributed by atoms with Gasteiger partial charge < -0.3 is 15.5 Å². The maximum Gasteiger partial charge on any atom is 0.191 e. The molecule has 0 fully saturated rings. The van der Waals surface area contributed by atoms with Crippen molar-refractivity contribution >= 4 is 5.96 Å². The Balaban J connectivity index is 2.54. The monoisotopic (exact) mass is 365 g/mol. The highest BCUT2D eigenvalue weighted by molar-refractivity contribution is 5.79. The standard InChI is InChI=1S/C20H36FN5/c1-15(2)26(16(3)4)11-10-23-20(22-5)24-13-17-8-9-19(21)18(12-17)14-25(6)7/h8-9,12,15-16H,10-11,13-14H2,1-7H3,(H2,22,23,24). The van der Waals surface area contributed by atoms with Gasteiger partial charge in [0.2, 0.25) is 0 Å². The average molecular weight is 366 g/mol. The third-order valence-corrected chi connectivity index (χ3v) is 4.27. The van der Waals surface area contributed by atoms with Gasteiger partial charge in [0.05, 0.1) is 0 Å². The molecule has 1 aromatic rings. The molecule has 0 aliphatic rings. The van der Waals surface area contributed by atoms with Gasteiger partial charge >= 0.3 is 0 Å². The molecule has 0 unspecified atom stereocenters. The lowest BCUT2D eigenvalue weighted by molar-refractivity contribution is 0.178. The third-order valence-electron chi connectivity index (χ3n) is 4.27. The van der Waals surface area contributed by atoms with Crippen LogP contribution >= 0.6 is 0 Å². The molecule has 0 bridgehead atoms. The van der Waals surface area contributed by atoms with E-state index in [0.29, 0.717) is 30.7 Å². The minimum absolute atomic E-state index is 0.160.